The highest BCUT2D eigenvalue weighted by molar-refractivity contribution is 6.08. The van der Waals surface area contributed by atoms with Gasteiger partial charge in [-0.2, -0.15) is 0 Å². The number of rotatable bonds is 4. The number of nitrogens with two attached hydrogens (primary N) is 1. The molecule has 1 unspecified atom stereocenters. The van der Waals surface area contributed by atoms with Crippen LogP contribution in [0.1, 0.15) is 53.6 Å². The largest absolute Gasteiger partial charge is 0.369 e. The van der Waals surface area contributed by atoms with E-state index < -0.39 is 11.7 Å². The van der Waals surface area contributed by atoms with E-state index in [2.05, 4.69) is 14.9 Å². The van der Waals surface area contributed by atoms with Crippen molar-refractivity contribution in [1.29, 1.82) is 0 Å². The molecule has 0 bridgehead atoms. The quantitative estimate of drug-likeness (QED) is 0.499. The van der Waals surface area contributed by atoms with E-state index in [9.17, 15) is 14.0 Å². The second kappa shape index (κ2) is 7.43. The number of amides is 1. The molecule has 1 amide bonds. The first-order valence-corrected chi connectivity index (χ1v) is 11.4. The van der Waals surface area contributed by atoms with E-state index in [1.165, 1.54) is 6.07 Å². The van der Waals surface area contributed by atoms with Gasteiger partial charge in [-0.05, 0) is 67.5 Å². The number of anilines is 1. The number of carbonyl (C=O) groups is 1. The predicted molar refractivity (Wildman–Crippen MR) is 125 cm³/mol. The highest BCUT2D eigenvalue weighted by Gasteiger charge is 2.28. The van der Waals surface area contributed by atoms with Gasteiger partial charge >= 0.3 is 0 Å². The number of halogens is 1. The molecular weight excluding hydrogens is 421 g/mol. The second-order valence-corrected chi connectivity index (χ2v) is 9.13. The summed E-state index contributed by atoms with van der Waals surface area (Å²) in [7, 11) is 0. The predicted octanol–water partition coefficient (Wildman–Crippen LogP) is 3.83. The number of piperidine rings is 1. The van der Waals surface area contributed by atoms with Gasteiger partial charge in [0.15, 0.2) is 0 Å². The lowest BCUT2D eigenvalue weighted by Crippen LogP contribution is -2.40. The van der Waals surface area contributed by atoms with Crippen LogP contribution >= 0.6 is 0 Å². The molecule has 1 atom stereocenters. The minimum Gasteiger partial charge on any atom is -0.369 e. The maximum Gasteiger partial charge on any atom is 0.264 e. The molecule has 0 radical (unpaired) electrons. The summed E-state index contributed by atoms with van der Waals surface area (Å²) in [4.78, 5) is 34.9. The monoisotopic (exact) mass is 445 g/mol. The summed E-state index contributed by atoms with van der Waals surface area (Å²) in [5, 5.41) is 0.979. The zero-order valence-electron chi connectivity index (χ0n) is 18.1. The summed E-state index contributed by atoms with van der Waals surface area (Å²) in [6, 6.07) is 8.80. The third kappa shape index (κ3) is 3.28. The highest BCUT2D eigenvalue weighted by atomic mass is 19.1. The van der Waals surface area contributed by atoms with Crippen molar-refractivity contribution in [1.82, 2.24) is 14.5 Å². The maximum absolute atomic E-state index is 14.9. The van der Waals surface area contributed by atoms with Gasteiger partial charge in [0.2, 0.25) is 0 Å². The molecule has 3 N–H and O–H groups in total. The molecule has 1 aliphatic heterocycles. The van der Waals surface area contributed by atoms with Crippen molar-refractivity contribution in [3.8, 4) is 0 Å². The molecule has 4 aromatic rings. The lowest BCUT2D eigenvalue weighted by Gasteiger charge is -2.35. The average Bonchev–Trinajstić information content (AvgIpc) is 3.55. The number of primary amides is 1. The zero-order valence-corrected chi connectivity index (χ0v) is 18.1. The Morgan fingerprint density at radius 3 is 2.82 bits per heavy atom. The average molecular weight is 445 g/mol. The molecule has 1 aliphatic carbocycles. The zero-order chi connectivity index (χ0) is 22.7. The van der Waals surface area contributed by atoms with Crippen molar-refractivity contribution in [3.63, 3.8) is 0 Å². The van der Waals surface area contributed by atoms with E-state index in [1.807, 2.05) is 18.2 Å². The van der Waals surface area contributed by atoms with Crippen LogP contribution in [-0.2, 0) is 0 Å². The van der Waals surface area contributed by atoms with E-state index in [0.29, 0.717) is 29.1 Å². The van der Waals surface area contributed by atoms with Gasteiger partial charge in [-0.15, -0.1) is 0 Å². The fourth-order valence-corrected chi connectivity index (χ4v) is 5.17. The number of hydrogen-bond donors (Lipinski definition) is 2. The number of fused-ring (bicyclic) bond motifs is 2. The van der Waals surface area contributed by atoms with Crippen LogP contribution in [0.2, 0.25) is 0 Å². The van der Waals surface area contributed by atoms with Crippen LogP contribution in [0.4, 0.5) is 10.1 Å². The first-order chi connectivity index (χ1) is 16.0. The molecule has 1 saturated heterocycles. The lowest BCUT2D eigenvalue weighted by atomic mass is 10.0. The second-order valence-electron chi connectivity index (χ2n) is 9.13. The Labute approximate surface area is 189 Å². The first kappa shape index (κ1) is 20.0. The van der Waals surface area contributed by atoms with Gasteiger partial charge in [0.05, 0.1) is 29.0 Å². The van der Waals surface area contributed by atoms with Crippen LogP contribution in [0.25, 0.3) is 21.8 Å². The van der Waals surface area contributed by atoms with Crippen molar-refractivity contribution in [2.24, 2.45) is 5.73 Å². The van der Waals surface area contributed by atoms with Crippen molar-refractivity contribution in [2.45, 2.75) is 37.6 Å². The standard InChI is InChI=1S/C25H24FN5O2/c26-19-10-15(14-3-4-14)11-20-22(19)25(33)31(13-29-20)16-2-1-9-30(12-16)21-6-5-18(24(27)32)23-17(21)7-8-28-23/h5-8,10-11,13-14,16,28H,1-4,9,12H2,(H2,27,32). The molecule has 2 aromatic heterocycles. The van der Waals surface area contributed by atoms with Gasteiger partial charge in [0.25, 0.3) is 11.5 Å². The third-order valence-corrected chi connectivity index (χ3v) is 7.01. The Kier molecular flexibility index (Phi) is 4.50. The fraction of sp³-hybridized carbons (Fsp3) is 0.320. The van der Waals surface area contributed by atoms with Crippen molar-refractivity contribution in [3.05, 3.63) is 70.2 Å². The van der Waals surface area contributed by atoms with Gasteiger partial charge in [-0.3, -0.25) is 14.2 Å². The molecule has 2 aromatic carbocycles. The van der Waals surface area contributed by atoms with Crippen LogP contribution < -0.4 is 16.2 Å². The van der Waals surface area contributed by atoms with Crippen LogP contribution in [-0.4, -0.2) is 33.5 Å². The van der Waals surface area contributed by atoms with E-state index in [-0.39, 0.29) is 17.0 Å². The lowest BCUT2D eigenvalue weighted by molar-refractivity contribution is 0.100. The maximum atomic E-state index is 14.9. The molecular formula is C25H24FN5O2. The molecule has 2 aliphatic rings. The summed E-state index contributed by atoms with van der Waals surface area (Å²) >= 11 is 0. The molecule has 2 fully saturated rings. The summed E-state index contributed by atoms with van der Waals surface area (Å²) in [5.41, 5.74) is 8.69. The number of benzene rings is 2. The smallest absolute Gasteiger partial charge is 0.264 e. The third-order valence-electron chi connectivity index (χ3n) is 7.01. The molecule has 7 nitrogen and oxygen atoms in total. The number of hydrogen-bond acceptors (Lipinski definition) is 4. The van der Waals surface area contributed by atoms with Crippen LogP contribution in [0, 0.1) is 5.82 Å². The molecule has 1 saturated carbocycles. The summed E-state index contributed by atoms with van der Waals surface area (Å²) < 4.78 is 16.5. The molecule has 3 heterocycles. The molecule has 8 heteroatoms. The van der Waals surface area contributed by atoms with Crippen molar-refractivity contribution >= 4 is 33.4 Å². The minimum absolute atomic E-state index is 0.0675. The topological polar surface area (TPSA) is 97.0 Å². The normalized spacial score (nSPS) is 18.8. The van der Waals surface area contributed by atoms with Gasteiger partial charge < -0.3 is 15.6 Å². The molecule has 168 valence electrons. The summed E-state index contributed by atoms with van der Waals surface area (Å²) in [5.74, 6) is -0.567. The van der Waals surface area contributed by atoms with E-state index >= 15 is 0 Å². The van der Waals surface area contributed by atoms with E-state index in [0.717, 1.165) is 48.9 Å². The first-order valence-electron chi connectivity index (χ1n) is 11.4. The van der Waals surface area contributed by atoms with Crippen molar-refractivity contribution < 1.29 is 9.18 Å². The van der Waals surface area contributed by atoms with Crippen molar-refractivity contribution in [2.75, 3.05) is 18.0 Å². The number of H-pyrrole nitrogens is 1. The SMILES string of the molecule is NC(=O)c1ccc(N2CCCC(n3cnc4cc(C5CC5)cc(F)c4c3=O)C2)c2cc[nH]c12. The van der Waals surface area contributed by atoms with Gasteiger partial charge in [-0.25, -0.2) is 9.37 Å². The number of nitrogens with zero attached hydrogens (tertiary/aromatic N) is 3. The summed E-state index contributed by atoms with van der Waals surface area (Å²) in [6.45, 7) is 1.41. The Balaban J connectivity index is 1.36. The van der Waals surface area contributed by atoms with E-state index in [4.69, 9.17) is 5.73 Å². The molecule has 0 spiro atoms. The van der Waals surface area contributed by atoms with Gasteiger partial charge in [-0.1, -0.05) is 0 Å². The highest BCUT2D eigenvalue weighted by Crippen LogP contribution is 2.41. The number of nitrogens with one attached hydrogen (secondary N) is 1. The Morgan fingerprint density at radius 2 is 2.03 bits per heavy atom. The number of aromatic amines is 1. The Morgan fingerprint density at radius 1 is 1.18 bits per heavy atom. The van der Waals surface area contributed by atoms with E-state index in [1.54, 1.807) is 23.2 Å². The molecule has 6 rings (SSSR count). The van der Waals surface area contributed by atoms with Crippen LogP contribution in [0.5, 0.6) is 0 Å². The minimum atomic E-state index is -0.481. The van der Waals surface area contributed by atoms with Crippen LogP contribution in [0.15, 0.2) is 47.7 Å². The Bertz CT molecular complexity index is 1470. The van der Waals surface area contributed by atoms with Gasteiger partial charge in [0.1, 0.15) is 11.2 Å². The summed E-state index contributed by atoms with van der Waals surface area (Å²) in [6.07, 6.45) is 7.17. The Hall–Kier alpha value is -3.68. The van der Waals surface area contributed by atoms with Crippen LogP contribution in [0.3, 0.4) is 0 Å². The number of carbonyl (C=O) groups excluding carboxylic acids is 1. The van der Waals surface area contributed by atoms with Gasteiger partial charge in [0, 0.05) is 30.4 Å². The fourth-order valence-electron chi connectivity index (χ4n) is 5.17. The molecule has 33 heavy (non-hydrogen) atoms. The number of aromatic nitrogens is 3.